The number of carbonyl (C=O) groups is 3. The summed E-state index contributed by atoms with van der Waals surface area (Å²) < 4.78 is 50.3. The molecular formula is C16H19F3N2O6. The van der Waals surface area contributed by atoms with Gasteiger partial charge in [-0.15, -0.1) is 13.2 Å². The van der Waals surface area contributed by atoms with E-state index in [2.05, 4.69) is 20.1 Å². The van der Waals surface area contributed by atoms with Gasteiger partial charge in [0.15, 0.2) is 0 Å². The van der Waals surface area contributed by atoms with Gasteiger partial charge in [-0.05, 0) is 39.0 Å². The molecule has 0 aliphatic carbocycles. The van der Waals surface area contributed by atoms with E-state index in [4.69, 9.17) is 4.74 Å². The van der Waals surface area contributed by atoms with Crippen LogP contribution in [-0.2, 0) is 14.3 Å². The number of methoxy groups -OCH3 is 1. The molecule has 8 nitrogen and oxygen atoms in total. The second-order valence-electron chi connectivity index (χ2n) is 6.14. The number of ether oxygens (including phenoxy) is 3. The molecule has 0 saturated heterocycles. The molecule has 0 aromatic heterocycles. The highest BCUT2D eigenvalue weighted by Gasteiger charge is 2.31. The first kappa shape index (κ1) is 22.1. The SMILES string of the molecule is COC(=O)CNC(=O)c1cc(OC(F)(F)F)ccc1NC(=O)OC(C)(C)C. The van der Waals surface area contributed by atoms with Crippen LogP contribution in [0, 0.1) is 0 Å². The fourth-order valence-electron chi connectivity index (χ4n) is 1.75. The van der Waals surface area contributed by atoms with Gasteiger partial charge in [0.05, 0.1) is 18.4 Å². The molecule has 0 aliphatic heterocycles. The van der Waals surface area contributed by atoms with Gasteiger partial charge in [0.1, 0.15) is 17.9 Å². The molecule has 27 heavy (non-hydrogen) atoms. The topological polar surface area (TPSA) is 103 Å². The van der Waals surface area contributed by atoms with Gasteiger partial charge in [0.25, 0.3) is 5.91 Å². The van der Waals surface area contributed by atoms with Gasteiger partial charge in [0, 0.05) is 0 Å². The van der Waals surface area contributed by atoms with E-state index in [1.54, 1.807) is 20.8 Å². The molecule has 11 heteroatoms. The smallest absolute Gasteiger partial charge is 0.468 e. The van der Waals surface area contributed by atoms with E-state index in [9.17, 15) is 27.6 Å². The van der Waals surface area contributed by atoms with Crippen LogP contribution in [0.4, 0.5) is 23.7 Å². The monoisotopic (exact) mass is 392 g/mol. The van der Waals surface area contributed by atoms with Crippen LogP contribution in [0.25, 0.3) is 0 Å². The number of halogens is 3. The summed E-state index contributed by atoms with van der Waals surface area (Å²) in [4.78, 5) is 35.2. The number of hydrogen-bond acceptors (Lipinski definition) is 6. The van der Waals surface area contributed by atoms with Crippen molar-refractivity contribution in [1.29, 1.82) is 0 Å². The number of alkyl halides is 3. The van der Waals surface area contributed by atoms with Gasteiger partial charge in [-0.25, -0.2) is 4.79 Å². The quantitative estimate of drug-likeness (QED) is 0.747. The second kappa shape index (κ2) is 8.60. The number of hydrogen-bond donors (Lipinski definition) is 2. The number of esters is 1. The molecule has 150 valence electrons. The Kier molecular flexibility index (Phi) is 7.03. The average Bonchev–Trinajstić information content (AvgIpc) is 2.50. The Morgan fingerprint density at radius 3 is 2.26 bits per heavy atom. The lowest BCUT2D eigenvalue weighted by molar-refractivity contribution is -0.274. The number of nitrogens with one attached hydrogen (secondary N) is 2. The summed E-state index contributed by atoms with van der Waals surface area (Å²) in [6.45, 7) is 4.30. The van der Waals surface area contributed by atoms with Crippen molar-refractivity contribution in [3.63, 3.8) is 0 Å². The second-order valence-corrected chi connectivity index (χ2v) is 6.14. The molecule has 1 aromatic carbocycles. The molecule has 0 heterocycles. The normalized spacial score (nSPS) is 11.4. The van der Waals surface area contributed by atoms with Crippen LogP contribution in [0.2, 0.25) is 0 Å². The van der Waals surface area contributed by atoms with E-state index in [1.807, 2.05) is 0 Å². The Morgan fingerprint density at radius 2 is 1.74 bits per heavy atom. The van der Waals surface area contributed by atoms with Gasteiger partial charge in [-0.1, -0.05) is 0 Å². The predicted octanol–water partition coefficient (Wildman–Crippen LogP) is 2.84. The van der Waals surface area contributed by atoms with Gasteiger partial charge in [-0.2, -0.15) is 0 Å². The molecule has 0 atom stereocenters. The lowest BCUT2D eigenvalue weighted by atomic mass is 10.1. The maximum Gasteiger partial charge on any atom is 0.573 e. The number of rotatable bonds is 5. The molecule has 1 rings (SSSR count). The minimum Gasteiger partial charge on any atom is -0.468 e. The Labute approximate surface area is 153 Å². The molecule has 2 N–H and O–H groups in total. The third kappa shape index (κ3) is 8.29. The first-order chi connectivity index (χ1) is 12.3. The summed E-state index contributed by atoms with van der Waals surface area (Å²) in [5, 5.41) is 4.42. The standard InChI is InChI=1S/C16H19F3N2O6/c1-15(2,3)27-14(24)21-11-6-5-9(26-16(17,18)19)7-10(11)13(23)20-8-12(22)25-4/h5-7H,8H2,1-4H3,(H,20,23)(H,21,24). The summed E-state index contributed by atoms with van der Waals surface area (Å²) in [5.74, 6) is -2.38. The summed E-state index contributed by atoms with van der Waals surface area (Å²) in [6, 6.07) is 2.72. The third-order valence-corrected chi connectivity index (χ3v) is 2.73. The molecule has 0 fully saturated rings. The molecule has 0 aliphatic rings. The molecule has 0 unspecified atom stereocenters. The van der Waals surface area contributed by atoms with Crippen molar-refractivity contribution in [2.75, 3.05) is 19.0 Å². The summed E-state index contributed by atoms with van der Waals surface area (Å²) >= 11 is 0. The average molecular weight is 392 g/mol. The lowest BCUT2D eigenvalue weighted by Gasteiger charge is -2.20. The van der Waals surface area contributed by atoms with Gasteiger partial charge in [-0.3, -0.25) is 14.9 Å². The van der Waals surface area contributed by atoms with E-state index in [0.29, 0.717) is 0 Å². The van der Waals surface area contributed by atoms with Crippen LogP contribution in [0.3, 0.4) is 0 Å². The molecule has 0 bridgehead atoms. The van der Waals surface area contributed by atoms with Gasteiger partial charge < -0.3 is 19.5 Å². The first-order valence-corrected chi connectivity index (χ1v) is 7.55. The Bertz CT molecular complexity index is 713. The van der Waals surface area contributed by atoms with E-state index in [-0.39, 0.29) is 11.3 Å². The summed E-state index contributed by atoms with van der Waals surface area (Å²) in [5.41, 5.74) is -1.34. The van der Waals surface area contributed by atoms with Crippen LogP contribution in [0.5, 0.6) is 5.75 Å². The molecule has 0 spiro atoms. The number of anilines is 1. The number of amides is 2. The fraction of sp³-hybridized carbons (Fsp3) is 0.438. The first-order valence-electron chi connectivity index (χ1n) is 7.55. The zero-order valence-corrected chi connectivity index (χ0v) is 15.0. The van der Waals surface area contributed by atoms with Crippen molar-refractivity contribution in [3.8, 4) is 5.75 Å². The van der Waals surface area contributed by atoms with E-state index < -0.39 is 42.2 Å². The molecule has 0 radical (unpaired) electrons. The molecule has 0 saturated carbocycles. The van der Waals surface area contributed by atoms with Crippen LogP contribution in [0.15, 0.2) is 18.2 Å². The predicted molar refractivity (Wildman–Crippen MR) is 87.3 cm³/mol. The van der Waals surface area contributed by atoms with Crippen molar-refractivity contribution < 1.29 is 41.8 Å². The highest BCUT2D eigenvalue weighted by molar-refractivity contribution is 6.03. The minimum atomic E-state index is -4.97. The van der Waals surface area contributed by atoms with Crippen LogP contribution in [0.1, 0.15) is 31.1 Å². The summed E-state index contributed by atoms with van der Waals surface area (Å²) in [7, 11) is 1.10. The Hall–Kier alpha value is -2.98. The third-order valence-electron chi connectivity index (χ3n) is 2.73. The van der Waals surface area contributed by atoms with Gasteiger partial charge in [0.2, 0.25) is 0 Å². The maximum absolute atomic E-state index is 12.4. The zero-order chi connectivity index (χ0) is 20.8. The fourth-order valence-corrected chi connectivity index (χ4v) is 1.75. The van der Waals surface area contributed by atoms with Gasteiger partial charge >= 0.3 is 18.4 Å². The van der Waals surface area contributed by atoms with Crippen molar-refractivity contribution in [2.45, 2.75) is 32.7 Å². The van der Waals surface area contributed by atoms with Crippen LogP contribution in [-0.4, -0.2) is 43.6 Å². The Balaban J connectivity index is 3.11. The maximum atomic E-state index is 12.4. The van der Waals surface area contributed by atoms with Crippen molar-refractivity contribution in [2.24, 2.45) is 0 Å². The van der Waals surface area contributed by atoms with E-state index >= 15 is 0 Å². The molecule has 2 amide bonds. The van der Waals surface area contributed by atoms with E-state index in [1.165, 1.54) is 0 Å². The van der Waals surface area contributed by atoms with Crippen LogP contribution < -0.4 is 15.4 Å². The zero-order valence-electron chi connectivity index (χ0n) is 15.0. The highest BCUT2D eigenvalue weighted by atomic mass is 19.4. The summed E-state index contributed by atoms with van der Waals surface area (Å²) in [6.07, 6.45) is -5.89. The highest BCUT2D eigenvalue weighted by Crippen LogP contribution is 2.27. The lowest BCUT2D eigenvalue weighted by Crippen LogP contribution is -2.32. The molecular weight excluding hydrogens is 373 g/mol. The largest absolute Gasteiger partial charge is 0.573 e. The van der Waals surface area contributed by atoms with Crippen molar-refractivity contribution in [3.05, 3.63) is 23.8 Å². The minimum absolute atomic E-state index is 0.138. The van der Waals surface area contributed by atoms with Crippen molar-refractivity contribution >= 4 is 23.7 Å². The number of benzene rings is 1. The van der Waals surface area contributed by atoms with Crippen LogP contribution >= 0.6 is 0 Å². The van der Waals surface area contributed by atoms with Crippen molar-refractivity contribution in [1.82, 2.24) is 5.32 Å². The number of carbonyl (C=O) groups excluding carboxylic acids is 3. The molecule has 1 aromatic rings. The Morgan fingerprint density at radius 1 is 1.11 bits per heavy atom. The van der Waals surface area contributed by atoms with E-state index in [0.717, 1.165) is 25.3 Å².